The summed E-state index contributed by atoms with van der Waals surface area (Å²) < 4.78 is 10.4. The number of hydrogen-bond acceptors (Lipinski definition) is 2. The van der Waals surface area contributed by atoms with Crippen LogP contribution < -0.4 is 0 Å². The van der Waals surface area contributed by atoms with Crippen LogP contribution in [0.2, 0.25) is 0 Å². The van der Waals surface area contributed by atoms with Crippen LogP contribution in [0.25, 0.3) is 0 Å². The van der Waals surface area contributed by atoms with Crippen molar-refractivity contribution in [3.05, 3.63) is 11.6 Å². The Morgan fingerprint density at radius 2 is 2.71 bits per heavy atom. The second kappa shape index (κ2) is 1.66. The molecule has 7 heavy (non-hydrogen) atoms. The fourth-order valence-electron chi connectivity index (χ4n) is 0.408. The molecule has 1 aliphatic heterocycles. The fourth-order valence-corrected chi connectivity index (χ4v) is 1.22. The lowest BCUT2D eigenvalue weighted by atomic mass is 10.9. The van der Waals surface area contributed by atoms with E-state index in [0.29, 0.717) is 5.88 Å². The number of rotatable bonds is 0. The molecule has 0 spiro atoms. The van der Waals surface area contributed by atoms with Crippen LogP contribution in [-0.2, 0) is 10.8 Å². The van der Waals surface area contributed by atoms with E-state index in [0.717, 1.165) is 0 Å². The molecule has 0 N–H and O–H groups in total. The van der Waals surface area contributed by atoms with Crippen LogP contribution >= 0.6 is 0 Å². The third-order valence-electron chi connectivity index (χ3n) is 0.725. The van der Waals surface area contributed by atoms with E-state index in [-0.39, 0.29) is 0 Å². The number of hydrogen-bond donors (Lipinski definition) is 0. The Morgan fingerprint density at radius 3 is 2.86 bits per heavy atom. The van der Waals surface area contributed by atoms with Gasteiger partial charge in [0.05, 0.1) is 5.88 Å². The normalized spacial score (nSPS) is 29.3. The van der Waals surface area contributed by atoms with E-state index in [1.54, 1.807) is 6.20 Å². The lowest BCUT2D eigenvalue weighted by molar-refractivity contribution is 0.543. The topological polar surface area (TPSA) is 20.3 Å². The van der Waals surface area contributed by atoms with Gasteiger partial charge in [0.15, 0.2) is 0 Å². The zero-order valence-electron chi connectivity index (χ0n) is 4.05. The first kappa shape index (κ1) is 4.84. The SMILES string of the molecule is CN1C=[C-]S(=O)C1. The average Bonchev–Trinajstić information content (AvgIpc) is 1.87. The summed E-state index contributed by atoms with van der Waals surface area (Å²) in [6.07, 6.45) is 1.70. The van der Waals surface area contributed by atoms with Gasteiger partial charge in [-0.3, -0.25) is 4.21 Å². The van der Waals surface area contributed by atoms with E-state index in [9.17, 15) is 4.21 Å². The molecule has 1 rings (SSSR count). The predicted octanol–water partition coefficient (Wildman–Crippen LogP) is -0.0876. The maximum atomic E-state index is 10.4. The molecule has 3 heteroatoms. The van der Waals surface area contributed by atoms with E-state index in [1.807, 2.05) is 11.9 Å². The van der Waals surface area contributed by atoms with Crippen molar-refractivity contribution in [1.29, 1.82) is 0 Å². The van der Waals surface area contributed by atoms with Crippen LogP contribution in [0.5, 0.6) is 0 Å². The standard InChI is InChI=1S/C4H6NOS/c1-5-2-3-7(6)4-5/h2H,4H2,1H3/q-1. The Labute approximate surface area is 45.3 Å². The van der Waals surface area contributed by atoms with Gasteiger partial charge in [-0.15, -0.1) is 10.8 Å². The Kier molecular flexibility index (Phi) is 1.15. The summed E-state index contributed by atoms with van der Waals surface area (Å²) in [6.45, 7) is 0. The second-order valence-electron chi connectivity index (χ2n) is 1.48. The molecule has 0 saturated heterocycles. The first-order valence-corrected chi connectivity index (χ1v) is 3.29. The van der Waals surface area contributed by atoms with E-state index < -0.39 is 10.8 Å². The van der Waals surface area contributed by atoms with Gasteiger partial charge in [0.2, 0.25) is 0 Å². The van der Waals surface area contributed by atoms with Gasteiger partial charge in [-0.2, -0.15) is 6.20 Å². The Hall–Kier alpha value is -0.310. The summed E-state index contributed by atoms with van der Waals surface area (Å²) in [6, 6.07) is 0. The molecular weight excluding hydrogens is 110 g/mol. The highest BCUT2D eigenvalue weighted by atomic mass is 32.2. The van der Waals surface area contributed by atoms with Crippen molar-refractivity contribution in [1.82, 2.24) is 4.90 Å². The van der Waals surface area contributed by atoms with Crippen molar-refractivity contribution in [3.63, 3.8) is 0 Å². The Balaban J connectivity index is 2.58. The van der Waals surface area contributed by atoms with Crippen LogP contribution in [0, 0.1) is 5.41 Å². The van der Waals surface area contributed by atoms with E-state index >= 15 is 0 Å². The zero-order chi connectivity index (χ0) is 5.28. The molecule has 0 fully saturated rings. The minimum absolute atomic E-state index is 0.611. The summed E-state index contributed by atoms with van der Waals surface area (Å²) in [7, 11) is 1.04. The van der Waals surface area contributed by atoms with Crippen LogP contribution in [-0.4, -0.2) is 22.0 Å². The van der Waals surface area contributed by atoms with E-state index in [4.69, 9.17) is 0 Å². The van der Waals surface area contributed by atoms with Gasteiger partial charge in [0, 0.05) is 7.05 Å². The average molecular weight is 116 g/mol. The van der Waals surface area contributed by atoms with Crippen molar-refractivity contribution < 1.29 is 4.21 Å². The molecule has 0 radical (unpaired) electrons. The molecule has 0 aromatic carbocycles. The van der Waals surface area contributed by atoms with Gasteiger partial charge in [0.25, 0.3) is 0 Å². The maximum absolute atomic E-state index is 10.4. The minimum atomic E-state index is -0.833. The quantitative estimate of drug-likeness (QED) is 0.412. The highest BCUT2D eigenvalue weighted by Gasteiger charge is 1.90. The summed E-state index contributed by atoms with van der Waals surface area (Å²) in [5.41, 5.74) is 0. The third-order valence-corrected chi connectivity index (χ3v) is 1.74. The van der Waals surface area contributed by atoms with Crippen LogP contribution in [0.3, 0.4) is 0 Å². The molecule has 0 aromatic rings. The van der Waals surface area contributed by atoms with Crippen molar-refractivity contribution in [2.45, 2.75) is 0 Å². The summed E-state index contributed by atoms with van der Waals surface area (Å²) >= 11 is 0. The predicted molar refractivity (Wildman–Crippen MR) is 28.6 cm³/mol. The molecule has 0 saturated carbocycles. The first-order valence-electron chi connectivity index (χ1n) is 1.97. The van der Waals surface area contributed by atoms with Crippen LogP contribution in [0.1, 0.15) is 0 Å². The molecule has 0 aromatic heterocycles. The van der Waals surface area contributed by atoms with Gasteiger partial charge < -0.3 is 10.3 Å². The first-order chi connectivity index (χ1) is 3.29. The maximum Gasteiger partial charge on any atom is 0.0609 e. The Morgan fingerprint density at radius 1 is 2.00 bits per heavy atom. The second-order valence-corrected chi connectivity index (χ2v) is 2.66. The molecule has 0 amide bonds. The van der Waals surface area contributed by atoms with Crippen LogP contribution in [0.15, 0.2) is 6.20 Å². The number of nitrogens with zero attached hydrogens (tertiary/aromatic N) is 1. The summed E-state index contributed by atoms with van der Waals surface area (Å²) in [5.74, 6) is 0.611. The third kappa shape index (κ3) is 1.03. The molecule has 1 atom stereocenters. The molecule has 0 aliphatic carbocycles. The van der Waals surface area contributed by atoms with Gasteiger partial charge in [-0.1, -0.05) is 0 Å². The largest absolute Gasteiger partial charge is 0.404 e. The molecule has 1 unspecified atom stereocenters. The highest BCUT2D eigenvalue weighted by Crippen LogP contribution is 1.97. The van der Waals surface area contributed by atoms with E-state index in [1.165, 1.54) is 0 Å². The van der Waals surface area contributed by atoms with Crippen molar-refractivity contribution in [2.75, 3.05) is 12.9 Å². The molecular formula is C4H6NOS-. The molecule has 40 valence electrons. The lowest BCUT2D eigenvalue weighted by Gasteiger charge is -2.07. The van der Waals surface area contributed by atoms with Gasteiger partial charge in [-0.25, -0.2) is 0 Å². The van der Waals surface area contributed by atoms with Crippen molar-refractivity contribution >= 4 is 10.8 Å². The van der Waals surface area contributed by atoms with Crippen molar-refractivity contribution in [3.8, 4) is 0 Å². The highest BCUT2D eigenvalue weighted by molar-refractivity contribution is 7.86. The van der Waals surface area contributed by atoms with Gasteiger partial charge in [0.1, 0.15) is 0 Å². The van der Waals surface area contributed by atoms with E-state index in [2.05, 4.69) is 5.41 Å². The monoisotopic (exact) mass is 116 g/mol. The molecule has 1 heterocycles. The van der Waals surface area contributed by atoms with Crippen LogP contribution in [0.4, 0.5) is 0 Å². The van der Waals surface area contributed by atoms with Gasteiger partial charge in [-0.05, 0) is 0 Å². The van der Waals surface area contributed by atoms with Crippen molar-refractivity contribution in [2.24, 2.45) is 0 Å². The Bertz CT molecular complexity index is 121. The molecule has 1 aliphatic rings. The summed E-state index contributed by atoms with van der Waals surface area (Å²) in [4.78, 5) is 1.84. The minimum Gasteiger partial charge on any atom is -0.404 e. The lowest BCUT2D eigenvalue weighted by Crippen LogP contribution is -2.07. The fraction of sp³-hybridized carbons (Fsp3) is 0.500. The molecule has 2 nitrogen and oxygen atoms in total. The van der Waals surface area contributed by atoms with Gasteiger partial charge >= 0.3 is 0 Å². The molecule has 0 bridgehead atoms. The zero-order valence-corrected chi connectivity index (χ0v) is 4.86. The summed E-state index contributed by atoms with van der Waals surface area (Å²) in [5, 5.41) is 2.64. The smallest absolute Gasteiger partial charge is 0.0609 e.